The van der Waals surface area contributed by atoms with Crippen molar-refractivity contribution < 1.29 is 23.0 Å². The molecule has 2 atom stereocenters. The van der Waals surface area contributed by atoms with Gasteiger partial charge in [0.05, 0.1) is 0 Å². The second-order valence-corrected chi connectivity index (χ2v) is 11.4. The third kappa shape index (κ3) is 4.66. The zero-order chi connectivity index (χ0) is 31.2. The van der Waals surface area contributed by atoms with Gasteiger partial charge in [-0.25, -0.2) is 29.9 Å². The summed E-state index contributed by atoms with van der Waals surface area (Å²) in [5, 5.41) is 0. The summed E-state index contributed by atoms with van der Waals surface area (Å²) in [6.45, 7) is 0.0414. The number of benzene rings is 2. The molecular formula is C32H28F2N8O3. The lowest BCUT2D eigenvalue weighted by Gasteiger charge is -2.39. The maximum absolute atomic E-state index is 15.2. The predicted octanol–water partition coefficient (Wildman–Crippen LogP) is 3.62. The highest BCUT2D eigenvalue weighted by molar-refractivity contribution is 6.08. The number of aliphatic imine (C=N–C) groups is 2. The minimum Gasteiger partial charge on any atom is -0.463 e. The largest absolute Gasteiger partial charge is 0.463 e. The van der Waals surface area contributed by atoms with Crippen LogP contribution < -0.4 is 11.5 Å². The second kappa shape index (κ2) is 10.7. The summed E-state index contributed by atoms with van der Waals surface area (Å²) in [7, 11) is 0. The molecule has 2 aliphatic carbocycles. The highest BCUT2D eigenvalue weighted by Crippen LogP contribution is 2.52. The molecule has 2 aromatic carbocycles. The van der Waals surface area contributed by atoms with E-state index in [-0.39, 0.29) is 43.0 Å². The topological polar surface area (TPSA) is 164 Å². The summed E-state index contributed by atoms with van der Waals surface area (Å²) in [5.74, 6) is -3.17. The third-order valence-electron chi connectivity index (χ3n) is 8.83. The van der Waals surface area contributed by atoms with Crippen molar-refractivity contribution in [2.45, 2.75) is 42.7 Å². The lowest BCUT2D eigenvalue weighted by atomic mass is 9.74. The number of Topliss-reactive ketones (excluding diaryl/α,β-unsaturated/α-hetero) is 1. The molecule has 2 aliphatic heterocycles. The van der Waals surface area contributed by atoms with E-state index in [1.165, 1.54) is 18.7 Å². The maximum Gasteiger partial charge on any atom is 0.301 e. The molecule has 0 unspecified atom stereocenters. The Morgan fingerprint density at radius 3 is 1.84 bits per heavy atom. The van der Waals surface area contributed by atoms with E-state index in [4.69, 9.17) is 20.9 Å². The van der Waals surface area contributed by atoms with Crippen molar-refractivity contribution >= 4 is 17.8 Å². The normalized spacial score (nSPS) is 24.0. The molecule has 0 bridgehead atoms. The Kier molecular flexibility index (Phi) is 6.75. The fourth-order valence-electron chi connectivity index (χ4n) is 6.54. The zero-order valence-corrected chi connectivity index (χ0v) is 24.0. The van der Waals surface area contributed by atoms with Crippen molar-refractivity contribution in [3.05, 3.63) is 96.1 Å². The van der Waals surface area contributed by atoms with Crippen molar-refractivity contribution in [1.82, 2.24) is 19.9 Å². The highest BCUT2D eigenvalue weighted by Gasteiger charge is 2.61. The highest BCUT2D eigenvalue weighted by atomic mass is 19.3. The summed E-state index contributed by atoms with van der Waals surface area (Å²) in [5.41, 5.74) is 14.3. The lowest BCUT2D eigenvalue weighted by molar-refractivity contribution is -0.0973. The number of nitrogens with two attached hydrogens (primary N) is 2. The van der Waals surface area contributed by atoms with Gasteiger partial charge in [0, 0.05) is 47.0 Å². The van der Waals surface area contributed by atoms with Crippen LogP contribution in [0.5, 0.6) is 0 Å². The molecule has 0 saturated carbocycles. The number of amidine groups is 2. The van der Waals surface area contributed by atoms with Crippen LogP contribution in [0.4, 0.5) is 8.78 Å². The molecule has 13 heteroatoms. The van der Waals surface area contributed by atoms with Crippen LogP contribution in [0, 0.1) is 0 Å². The van der Waals surface area contributed by atoms with E-state index in [0.29, 0.717) is 24.0 Å². The summed E-state index contributed by atoms with van der Waals surface area (Å²) < 4.78 is 40.6. The number of halogens is 2. The van der Waals surface area contributed by atoms with E-state index < -0.39 is 17.0 Å². The summed E-state index contributed by atoms with van der Waals surface area (Å²) in [4.78, 5) is 37.1. The number of carbonyl (C=O) groups is 1. The predicted molar refractivity (Wildman–Crippen MR) is 160 cm³/mol. The van der Waals surface area contributed by atoms with E-state index in [9.17, 15) is 4.79 Å². The molecule has 0 amide bonds. The van der Waals surface area contributed by atoms with Gasteiger partial charge in [-0.2, -0.15) is 8.78 Å². The van der Waals surface area contributed by atoms with Crippen molar-refractivity contribution in [3.8, 4) is 22.3 Å². The van der Waals surface area contributed by atoms with Gasteiger partial charge in [-0.1, -0.05) is 36.4 Å². The molecule has 0 radical (unpaired) electrons. The molecule has 2 spiro atoms. The number of aromatic nitrogens is 4. The molecule has 0 fully saturated rings. The number of fused-ring (bicyclic) bond motifs is 2. The summed E-state index contributed by atoms with van der Waals surface area (Å²) in [6.07, 6.45) is 11.7. The van der Waals surface area contributed by atoms with Crippen molar-refractivity contribution in [1.29, 1.82) is 0 Å². The number of carbonyl (C=O) groups excluding carboxylic acids is 1. The van der Waals surface area contributed by atoms with Crippen LogP contribution in [0.1, 0.15) is 39.9 Å². The number of hydrogen-bond acceptors (Lipinski definition) is 11. The van der Waals surface area contributed by atoms with Crippen LogP contribution in [-0.4, -0.2) is 62.1 Å². The van der Waals surface area contributed by atoms with Crippen LogP contribution in [0.25, 0.3) is 22.3 Å². The number of hydrogen-bond donors (Lipinski definition) is 2. The van der Waals surface area contributed by atoms with E-state index in [2.05, 4.69) is 29.9 Å². The van der Waals surface area contributed by atoms with Crippen molar-refractivity contribution in [3.63, 3.8) is 0 Å². The first-order valence-corrected chi connectivity index (χ1v) is 14.4. The van der Waals surface area contributed by atoms with Crippen LogP contribution >= 0.6 is 0 Å². The van der Waals surface area contributed by atoms with Gasteiger partial charge in [0.1, 0.15) is 25.9 Å². The standard InChI is InChI=1S/C16H14F2N4O.C16H14N4O2/c17-16(18)13-3-1-2-11(10-6-20-9-21-7-10)12(13)4-5-15(16)8-23-14(19)22-15;17-15-20-16(8-22-15)5-4-12-11(10-6-18-9-19-7-10)2-1-3-13(12)14(16)21/h1-3,6-7,9H,4-5,8H2,(H2,19,22);1-3,6-7,9H,4-5,8H2,(H2,17,20)/t15-;16-/m11/s1. The minimum absolute atomic E-state index is 0.0205. The van der Waals surface area contributed by atoms with Gasteiger partial charge in [-0.05, 0) is 47.9 Å². The molecule has 11 nitrogen and oxygen atoms in total. The smallest absolute Gasteiger partial charge is 0.301 e. The van der Waals surface area contributed by atoms with Gasteiger partial charge >= 0.3 is 5.92 Å². The van der Waals surface area contributed by atoms with E-state index in [1.807, 2.05) is 24.3 Å². The molecule has 0 saturated heterocycles. The number of rotatable bonds is 2. The first kappa shape index (κ1) is 28.4. The average molecular weight is 611 g/mol. The molecule has 8 rings (SSSR count). The molecule has 4 heterocycles. The molecule has 4 N–H and O–H groups in total. The Bertz CT molecular complexity index is 1850. The Balaban J connectivity index is 0.000000145. The van der Waals surface area contributed by atoms with Crippen molar-refractivity contribution in [2.75, 3.05) is 13.2 Å². The minimum atomic E-state index is -3.15. The third-order valence-corrected chi connectivity index (χ3v) is 8.83. The van der Waals surface area contributed by atoms with E-state index >= 15 is 8.78 Å². The molecular weight excluding hydrogens is 582 g/mol. The van der Waals surface area contributed by atoms with Gasteiger partial charge in [0.15, 0.2) is 16.9 Å². The number of ketones is 1. The van der Waals surface area contributed by atoms with Gasteiger partial charge in [0.2, 0.25) is 0 Å². The first-order valence-electron chi connectivity index (χ1n) is 14.4. The van der Waals surface area contributed by atoms with Crippen LogP contribution in [0.3, 0.4) is 0 Å². The van der Waals surface area contributed by atoms with Gasteiger partial charge in [-0.15, -0.1) is 0 Å². The van der Waals surface area contributed by atoms with Gasteiger partial charge < -0.3 is 20.9 Å². The summed E-state index contributed by atoms with van der Waals surface area (Å²) in [6, 6.07) is 10.5. The fourth-order valence-corrected chi connectivity index (χ4v) is 6.54. The average Bonchev–Trinajstić information content (AvgIpc) is 3.65. The molecule has 2 aromatic heterocycles. The molecule has 4 aromatic rings. The number of alkyl halides is 2. The SMILES string of the molecule is NC1=N[C@]2(CCc3c(-c4cncnc4)cccc3C2(F)F)CO1.NC1=N[C@]2(CCc3c(cccc3-c3cncnc3)C2=O)CO1. The second-order valence-electron chi connectivity index (χ2n) is 11.4. The number of ether oxygens (including phenoxy) is 2. The molecule has 45 heavy (non-hydrogen) atoms. The zero-order valence-electron chi connectivity index (χ0n) is 24.0. The van der Waals surface area contributed by atoms with Gasteiger partial charge in [0.25, 0.3) is 12.0 Å². The lowest BCUT2D eigenvalue weighted by Crippen LogP contribution is -2.49. The molecule has 4 aliphatic rings. The Labute approximate surface area is 256 Å². The van der Waals surface area contributed by atoms with E-state index in [0.717, 1.165) is 34.2 Å². The fraction of sp³-hybridized carbons (Fsp3) is 0.281. The summed E-state index contributed by atoms with van der Waals surface area (Å²) >= 11 is 0. The van der Waals surface area contributed by atoms with Gasteiger partial charge in [-0.3, -0.25) is 4.79 Å². The Hall–Kier alpha value is -5.33. The number of nitrogens with zero attached hydrogens (tertiary/aromatic N) is 6. The van der Waals surface area contributed by atoms with Crippen LogP contribution in [0.2, 0.25) is 0 Å². The molecule has 228 valence electrons. The Morgan fingerprint density at radius 2 is 1.24 bits per heavy atom. The van der Waals surface area contributed by atoms with Crippen LogP contribution in [-0.2, 0) is 28.2 Å². The Morgan fingerprint density at radius 1 is 0.689 bits per heavy atom. The quantitative estimate of drug-likeness (QED) is 0.345. The van der Waals surface area contributed by atoms with Crippen molar-refractivity contribution in [2.24, 2.45) is 21.5 Å². The maximum atomic E-state index is 15.2. The first-order chi connectivity index (χ1) is 21.7. The van der Waals surface area contributed by atoms with E-state index in [1.54, 1.807) is 30.9 Å². The van der Waals surface area contributed by atoms with Crippen LogP contribution in [0.15, 0.2) is 83.8 Å². The monoisotopic (exact) mass is 610 g/mol.